The Labute approximate surface area is 191 Å². The molecule has 0 spiro atoms. The molecule has 2 heterocycles. The first-order valence-corrected chi connectivity index (χ1v) is 10.6. The van der Waals surface area contributed by atoms with Gasteiger partial charge in [-0.05, 0) is 49.4 Å². The first kappa shape index (κ1) is 21.6. The van der Waals surface area contributed by atoms with Crippen molar-refractivity contribution in [2.75, 3.05) is 10.6 Å². The lowest BCUT2D eigenvalue weighted by atomic mass is 10.3. The van der Waals surface area contributed by atoms with Crippen LogP contribution < -0.4 is 15.4 Å². The normalized spacial score (nSPS) is 10.6. The van der Waals surface area contributed by atoms with E-state index in [-0.39, 0.29) is 24.3 Å². The van der Waals surface area contributed by atoms with Crippen LogP contribution >= 0.6 is 22.9 Å². The Morgan fingerprint density at radius 1 is 1.16 bits per heavy atom. The van der Waals surface area contributed by atoms with E-state index in [1.165, 1.54) is 29.5 Å². The first-order valence-electron chi connectivity index (χ1n) is 9.36. The van der Waals surface area contributed by atoms with E-state index < -0.39 is 5.82 Å². The van der Waals surface area contributed by atoms with Crippen molar-refractivity contribution in [1.82, 2.24) is 19.9 Å². The maximum Gasteiger partial charge on any atom is 0.327 e. The zero-order valence-corrected chi connectivity index (χ0v) is 18.2. The number of amides is 1. The molecule has 0 fully saturated rings. The predicted octanol–water partition coefficient (Wildman–Crippen LogP) is 5.15. The number of carbonyl (C=O) groups is 1. The second-order valence-electron chi connectivity index (χ2n) is 6.54. The molecule has 2 N–H and O–H groups in total. The molecule has 0 bridgehead atoms. The number of nitrogens with one attached hydrogen (secondary N) is 2. The highest BCUT2D eigenvalue weighted by atomic mass is 35.5. The minimum Gasteiger partial charge on any atom is -0.424 e. The fourth-order valence-corrected chi connectivity index (χ4v) is 3.57. The standard InChI is InChI=1S/C21H16ClFN6O2S/c1-12-25-19(28-20(26-12)31-16-7-5-13(22)6-8-16)29-21-24-11-17(32-21)10-18(30)27-15-4-2-3-14(23)9-15/h2-9,11H,10H2,1H3,(H,27,30)(H,24,25,26,28,29). The molecule has 0 aliphatic heterocycles. The number of halogens is 2. The van der Waals surface area contributed by atoms with Crippen molar-refractivity contribution in [3.8, 4) is 11.8 Å². The molecule has 0 saturated heterocycles. The third kappa shape index (κ3) is 5.96. The van der Waals surface area contributed by atoms with Gasteiger partial charge in [-0.1, -0.05) is 17.7 Å². The second kappa shape index (κ2) is 9.67. The molecule has 11 heteroatoms. The Morgan fingerprint density at radius 2 is 1.97 bits per heavy atom. The maximum absolute atomic E-state index is 13.3. The first-order chi connectivity index (χ1) is 15.4. The number of thiazole rings is 1. The molecule has 0 saturated carbocycles. The summed E-state index contributed by atoms with van der Waals surface area (Å²) in [6, 6.07) is 12.6. The summed E-state index contributed by atoms with van der Waals surface area (Å²) in [6.07, 6.45) is 1.67. The van der Waals surface area contributed by atoms with Crippen LogP contribution in [0.4, 0.5) is 21.2 Å². The molecule has 0 aliphatic rings. The molecule has 0 atom stereocenters. The zero-order valence-electron chi connectivity index (χ0n) is 16.7. The highest BCUT2D eigenvalue weighted by Crippen LogP contribution is 2.24. The summed E-state index contributed by atoms with van der Waals surface area (Å²) in [5, 5.41) is 6.74. The molecular formula is C21H16ClFN6O2S. The van der Waals surface area contributed by atoms with Gasteiger partial charge in [-0.25, -0.2) is 9.37 Å². The quantitative estimate of drug-likeness (QED) is 0.385. The van der Waals surface area contributed by atoms with Crippen LogP contribution in [0, 0.1) is 12.7 Å². The molecule has 4 rings (SSSR count). The van der Waals surface area contributed by atoms with Crippen LogP contribution in [0.25, 0.3) is 0 Å². The number of benzene rings is 2. The van der Waals surface area contributed by atoms with Crippen LogP contribution in [-0.2, 0) is 11.2 Å². The molecule has 0 unspecified atom stereocenters. The molecule has 2 aromatic carbocycles. The average Bonchev–Trinajstić information content (AvgIpc) is 3.15. The fraction of sp³-hybridized carbons (Fsp3) is 0.0952. The minimum atomic E-state index is -0.417. The molecule has 0 aliphatic carbocycles. The smallest absolute Gasteiger partial charge is 0.327 e. The summed E-state index contributed by atoms with van der Waals surface area (Å²) < 4.78 is 18.9. The van der Waals surface area contributed by atoms with Gasteiger partial charge in [0.1, 0.15) is 17.4 Å². The Bertz CT molecular complexity index is 1250. The third-order valence-corrected chi connectivity index (χ3v) is 5.13. The summed E-state index contributed by atoms with van der Waals surface area (Å²) in [5.41, 5.74) is 0.395. The van der Waals surface area contributed by atoms with Gasteiger partial charge in [0.15, 0.2) is 5.13 Å². The van der Waals surface area contributed by atoms with Crippen LogP contribution in [0.1, 0.15) is 10.7 Å². The Morgan fingerprint density at radius 3 is 2.75 bits per heavy atom. The maximum atomic E-state index is 13.3. The lowest BCUT2D eigenvalue weighted by Gasteiger charge is -2.07. The summed E-state index contributed by atoms with van der Waals surface area (Å²) in [7, 11) is 0. The van der Waals surface area contributed by atoms with Gasteiger partial charge < -0.3 is 10.1 Å². The van der Waals surface area contributed by atoms with E-state index in [0.717, 1.165) is 0 Å². The number of hydrogen-bond donors (Lipinski definition) is 2. The molecule has 8 nitrogen and oxygen atoms in total. The van der Waals surface area contributed by atoms with Crippen LogP contribution in [0.2, 0.25) is 5.02 Å². The molecule has 4 aromatic rings. The molecule has 2 aromatic heterocycles. The lowest BCUT2D eigenvalue weighted by molar-refractivity contribution is -0.115. The molecular weight excluding hydrogens is 455 g/mol. The number of rotatable bonds is 7. The Balaban J connectivity index is 1.40. The number of aromatic nitrogens is 4. The zero-order chi connectivity index (χ0) is 22.5. The predicted molar refractivity (Wildman–Crippen MR) is 120 cm³/mol. The monoisotopic (exact) mass is 470 g/mol. The van der Waals surface area contributed by atoms with E-state index in [2.05, 4.69) is 30.6 Å². The van der Waals surface area contributed by atoms with Crippen LogP contribution in [0.15, 0.2) is 54.7 Å². The number of nitrogens with zero attached hydrogens (tertiary/aromatic N) is 4. The van der Waals surface area contributed by atoms with Crippen molar-refractivity contribution in [2.24, 2.45) is 0 Å². The van der Waals surface area contributed by atoms with Crippen molar-refractivity contribution in [3.63, 3.8) is 0 Å². The van der Waals surface area contributed by atoms with E-state index in [9.17, 15) is 9.18 Å². The largest absolute Gasteiger partial charge is 0.424 e. The van der Waals surface area contributed by atoms with E-state index >= 15 is 0 Å². The van der Waals surface area contributed by atoms with Crippen molar-refractivity contribution in [2.45, 2.75) is 13.3 Å². The van der Waals surface area contributed by atoms with Gasteiger partial charge >= 0.3 is 6.01 Å². The SMILES string of the molecule is Cc1nc(Nc2ncc(CC(=O)Nc3cccc(F)c3)s2)nc(Oc2ccc(Cl)cc2)n1. The average molecular weight is 471 g/mol. The molecule has 1 amide bonds. The molecule has 0 radical (unpaired) electrons. The molecule has 162 valence electrons. The Hall–Kier alpha value is -3.63. The van der Waals surface area contributed by atoms with Crippen molar-refractivity contribution >= 4 is 45.6 Å². The van der Waals surface area contributed by atoms with E-state index in [0.29, 0.717) is 32.3 Å². The van der Waals surface area contributed by atoms with Gasteiger partial charge in [0.25, 0.3) is 0 Å². The van der Waals surface area contributed by atoms with Crippen LogP contribution in [-0.4, -0.2) is 25.8 Å². The highest BCUT2D eigenvalue weighted by Gasteiger charge is 2.11. The van der Waals surface area contributed by atoms with E-state index in [1.807, 2.05) is 0 Å². The van der Waals surface area contributed by atoms with E-state index in [1.54, 1.807) is 43.5 Å². The number of hydrogen-bond acceptors (Lipinski definition) is 8. The van der Waals surface area contributed by atoms with Crippen molar-refractivity contribution in [1.29, 1.82) is 0 Å². The van der Waals surface area contributed by atoms with Gasteiger partial charge in [0, 0.05) is 21.8 Å². The van der Waals surface area contributed by atoms with E-state index in [4.69, 9.17) is 16.3 Å². The lowest BCUT2D eigenvalue weighted by Crippen LogP contribution is -2.13. The minimum absolute atomic E-state index is 0.0943. The summed E-state index contributed by atoms with van der Waals surface area (Å²) in [4.78, 5) is 29.8. The number of aryl methyl sites for hydroxylation is 1. The summed E-state index contributed by atoms with van der Waals surface area (Å²) in [5.74, 6) is 0.552. The summed E-state index contributed by atoms with van der Waals surface area (Å²) in [6.45, 7) is 1.71. The number of anilines is 3. The van der Waals surface area contributed by atoms with Gasteiger partial charge in [-0.3, -0.25) is 10.1 Å². The summed E-state index contributed by atoms with van der Waals surface area (Å²) >= 11 is 7.16. The number of carbonyl (C=O) groups excluding carboxylic acids is 1. The fourth-order valence-electron chi connectivity index (χ4n) is 2.64. The van der Waals surface area contributed by atoms with Crippen LogP contribution in [0.3, 0.4) is 0 Å². The topological polar surface area (TPSA) is 102 Å². The molecule has 32 heavy (non-hydrogen) atoms. The third-order valence-electron chi connectivity index (χ3n) is 3.96. The van der Waals surface area contributed by atoms with Gasteiger partial charge in [-0.2, -0.15) is 15.0 Å². The van der Waals surface area contributed by atoms with Crippen LogP contribution in [0.5, 0.6) is 11.8 Å². The van der Waals surface area contributed by atoms with Crippen molar-refractivity contribution in [3.05, 3.63) is 76.3 Å². The highest BCUT2D eigenvalue weighted by molar-refractivity contribution is 7.15. The Kier molecular flexibility index (Phi) is 6.52. The number of ether oxygens (including phenoxy) is 1. The van der Waals surface area contributed by atoms with Gasteiger partial charge in [-0.15, -0.1) is 11.3 Å². The second-order valence-corrected chi connectivity index (χ2v) is 8.09. The van der Waals surface area contributed by atoms with Gasteiger partial charge in [0.2, 0.25) is 11.9 Å². The van der Waals surface area contributed by atoms with Gasteiger partial charge in [0.05, 0.1) is 6.42 Å². The van der Waals surface area contributed by atoms with Crippen molar-refractivity contribution < 1.29 is 13.9 Å².